The Labute approximate surface area is 189 Å². The van der Waals surface area contributed by atoms with Crippen molar-refractivity contribution >= 4 is 33.2 Å². The average Bonchev–Trinajstić information content (AvgIpc) is 3.39. The zero-order valence-corrected chi connectivity index (χ0v) is 19.6. The molecule has 4 rings (SSSR count). The molecule has 1 fully saturated rings. The predicted octanol–water partition coefficient (Wildman–Crippen LogP) is 3.79. The predicted molar refractivity (Wildman–Crippen MR) is 126 cm³/mol. The molecule has 10 heteroatoms. The minimum Gasteiger partial charge on any atom is -0.341 e. The summed E-state index contributed by atoms with van der Waals surface area (Å²) >= 11 is 0. The van der Waals surface area contributed by atoms with E-state index in [9.17, 15) is 8.42 Å². The number of aromatic nitrogens is 4. The summed E-state index contributed by atoms with van der Waals surface area (Å²) in [6.07, 6.45) is 3.85. The number of nitrogens with zero attached hydrogens (tertiary/aromatic N) is 5. The number of anilines is 4. The van der Waals surface area contributed by atoms with Gasteiger partial charge in [-0.1, -0.05) is 13.8 Å². The van der Waals surface area contributed by atoms with E-state index in [1.54, 1.807) is 23.7 Å². The smallest absolute Gasteiger partial charge is 0.280 e. The molecule has 32 heavy (non-hydrogen) atoms. The summed E-state index contributed by atoms with van der Waals surface area (Å²) < 4.78 is 29.8. The van der Waals surface area contributed by atoms with Crippen LogP contribution in [-0.2, 0) is 17.1 Å². The van der Waals surface area contributed by atoms with E-state index in [-0.39, 0.29) is 10.9 Å². The van der Waals surface area contributed by atoms with Crippen molar-refractivity contribution in [2.75, 3.05) is 28.0 Å². The summed E-state index contributed by atoms with van der Waals surface area (Å²) in [6.45, 7) is 7.86. The van der Waals surface area contributed by atoms with Gasteiger partial charge in [-0.05, 0) is 44.0 Å². The first-order valence-corrected chi connectivity index (χ1v) is 12.2. The highest BCUT2D eigenvalue weighted by Crippen LogP contribution is 2.24. The molecule has 0 unspecified atom stereocenters. The molecule has 0 atom stereocenters. The Bertz CT molecular complexity index is 1200. The van der Waals surface area contributed by atoms with E-state index in [1.807, 2.05) is 39.0 Å². The van der Waals surface area contributed by atoms with Crippen molar-refractivity contribution < 1.29 is 8.42 Å². The first-order valence-electron chi connectivity index (χ1n) is 10.7. The highest BCUT2D eigenvalue weighted by Gasteiger charge is 2.21. The Morgan fingerprint density at radius 3 is 2.28 bits per heavy atom. The first-order chi connectivity index (χ1) is 15.2. The zero-order chi connectivity index (χ0) is 22.9. The van der Waals surface area contributed by atoms with Crippen LogP contribution < -0.4 is 14.9 Å². The van der Waals surface area contributed by atoms with Crippen LogP contribution in [0, 0.1) is 6.92 Å². The molecule has 1 aliphatic heterocycles. The van der Waals surface area contributed by atoms with Gasteiger partial charge >= 0.3 is 0 Å². The van der Waals surface area contributed by atoms with Gasteiger partial charge < -0.3 is 14.8 Å². The second kappa shape index (κ2) is 8.78. The first kappa shape index (κ1) is 22.1. The number of sulfonamides is 1. The van der Waals surface area contributed by atoms with Crippen LogP contribution in [0.1, 0.15) is 44.1 Å². The highest BCUT2D eigenvalue weighted by molar-refractivity contribution is 7.92. The van der Waals surface area contributed by atoms with Crippen LogP contribution in [0.15, 0.2) is 41.6 Å². The SMILES string of the molecule is Cc1cc(Nc2ccc(NS(=O)(=O)c3cn(C)c(C(C)C)n3)cc2)nc(N2CCCC2)n1. The lowest BCUT2D eigenvalue weighted by molar-refractivity contribution is 0.597. The molecule has 1 aromatic carbocycles. The number of rotatable bonds is 7. The van der Waals surface area contributed by atoms with Crippen molar-refractivity contribution in [1.29, 1.82) is 0 Å². The Morgan fingerprint density at radius 1 is 1.00 bits per heavy atom. The molecule has 0 bridgehead atoms. The van der Waals surface area contributed by atoms with Gasteiger partial charge in [-0.25, -0.2) is 9.97 Å². The van der Waals surface area contributed by atoms with Crippen molar-refractivity contribution in [3.8, 4) is 0 Å². The molecule has 0 radical (unpaired) electrons. The third kappa shape index (κ3) is 4.85. The second-order valence-corrected chi connectivity index (χ2v) is 10.0. The fourth-order valence-electron chi connectivity index (χ4n) is 3.77. The zero-order valence-electron chi connectivity index (χ0n) is 18.8. The highest BCUT2D eigenvalue weighted by atomic mass is 32.2. The van der Waals surface area contributed by atoms with Crippen LogP contribution in [-0.4, -0.2) is 41.0 Å². The van der Waals surface area contributed by atoms with Gasteiger partial charge in [-0.3, -0.25) is 4.72 Å². The van der Waals surface area contributed by atoms with Crippen molar-refractivity contribution in [2.45, 2.75) is 44.6 Å². The maximum absolute atomic E-state index is 12.7. The summed E-state index contributed by atoms with van der Waals surface area (Å²) in [6, 6.07) is 8.93. The van der Waals surface area contributed by atoms with E-state index < -0.39 is 10.0 Å². The molecule has 3 heterocycles. The van der Waals surface area contributed by atoms with Gasteiger partial charge in [-0.2, -0.15) is 13.4 Å². The molecular weight excluding hydrogens is 426 g/mol. The lowest BCUT2D eigenvalue weighted by atomic mass is 10.2. The molecule has 0 amide bonds. The standard InChI is InChI=1S/C22H29N7O2S/c1-15(2)21-26-20(14-28(21)4)32(30,31)27-18-9-7-17(8-10-18)24-19-13-16(3)23-22(25-19)29-11-5-6-12-29/h7-10,13-15,27H,5-6,11-12H2,1-4H3,(H,23,24,25). The van der Waals surface area contributed by atoms with Gasteiger partial charge in [0.15, 0.2) is 5.03 Å². The summed E-state index contributed by atoms with van der Waals surface area (Å²) in [7, 11) is -1.97. The monoisotopic (exact) mass is 455 g/mol. The summed E-state index contributed by atoms with van der Waals surface area (Å²) in [5, 5.41) is 3.29. The van der Waals surface area contributed by atoms with E-state index in [4.69, 9.17) is 0 Å². The van der Waals surface area contributed by atoms with Gasteiger partial charge in [0, 0.05) is 55.4 Å². The lowest BCUT2D eigenvalue weighted by Gasteiger charge is -2.17. The van der Waals surface area contributed by atoms with E-state index in [0.717, 1.165) is 49.1 Å². The van der Waals surface area contributed by atoms with E-state index in [0.29, 0.717) is 11.5 Å². The van der Waals surface area contributed by atoms with Gasteiger partial charge in [0.25, 0.3) is 10.0 Å². The van der Waals surface area contributed by atoms with Crippen molar-refractivity contribution in [3.63, 3.8) is 0 Å². The molecule has 0 spiro atoms. The molecular formula is C22H29N7O2S. The molecule has 0 saturated carbocycles. The van der Waals surface area contributed by atoms with Crippen molar-refractivity contribution in [2.24, 2.45) is 7.05 Å². The number of hydrogen-bond acceptors (Lipinski definition) is 7. The lowest BCUT2D eigenvalue weighted by Crippen LogP contribution is -2.21. The van der Waals surface area contributed by atoms with Gasteiger partial charge in [0.05, 0.1) is 0 Å². The fourth-order valence-corrected chi connectivity index (χ4v) is 4.83. The Kier molecular flexibility index (Phi) is 6.05. The van der Waals surface area contributed by atoms with Crippen LogP contribution in [0.4, 0.5) is 23.1 Å². The number of imidazole rings is 1. The minimum atomic E-state index is -3.77. The maximum atomic E-state index is 12.7. The van der Waals surface area contributed by atoms with E-state index in [2.05, 4.69) is 29.9 Å². The van der Waals surface area contributed by atoms with Gasteiger partial charge in [0.1, 0.15) is 11.6 Å². The van der Waals surface area contributed by atoms with Crippen LogP contribution in [0.3, 0.4) is 0 Å². The molecule has 2 aromatic heterocycles. The normalized spacial score (nSPS) is 14.2. The molecule has 9 nitrogen and oxygen atoms in total. The molecule has 0 aliphatic carbocycles. The Morgan fingerprint density at radius 2 is 1.66 bits per heavy atom. The third-order valence-corrected chi connectivity index (χ3v) is 6.57. The topological polar surface area (TPSA) is 105 Å². The van der Waals surface area contributed by atoms with Gasteiger partial charge in [-0.15, -0.1) is 0 Å². The number of hydrogen-bond donors (Lipinski definition) is 2. The number of aryl methyl sites for hydroxylation is 2. The van der Waals surface area contributed by atoms with E-state index >= 15 is 0 Å². The van der Waals surface area contributed by atoms with Crippen LogP contribution in [0.5, 0.6) is 0 Å². The molecule has 2 N–H and O–H groups in total. The van der Waals surface area contributed by atoms with Crippen LogP contribution in [0.2, 0.25) is 0 Å². The minimum absolute atomic E-state index is 0.0109. The molecule has 1 saturated heterocycles. The Balaban J connectivity index is 1.47. The summed E-state index contributed by atoms with van der Waals surface area (Å²) in [5.41, 5.74) is 2.16. The Hall–Kier alpha value is -3.14. The fraction of sp³-hybridized carbons (Fsp3) is 0.409. The molecule has 170 valence electrons. The summed E-state index contributed by atoms with van der Waals surface area (Å²) in [4.78, 5) is 15.7. The van der Waals surface area contributed by atoms with Crippen LogP contribution >= 0.6 is 0 Å². The summed E-state index contributed by atoms with van der Waals surface area (Å²) in [5.74, 6) is 2.30. The van der Waals surface area contributed by atoms with Crippen molar-refractivity contribution in [3.05, 3.63) is 48.0 Å². The largest absolute Gasteiger partial charge is 0.341 e. The van der Waals surface area contributed by atoms with Gasteiger partial charge in [0.2, 0.25) is 5.95 Å². The number of nitrogens with one attached hydrogen (secondary N) is 2. The molecule has 1 aliphatic rings. The van der Waals surface area contributed by atoms with Crippen LogP contribution in [0.25, 0.3) is 0 Å². The molecule has 3 aromatic rings. The van der Waals surface area contributed by atoms with E-state index in [1.165, 1.54) is 6.20 Å². The maximum Gasteiger partial charge on any atom is 0.280 e. The third-order valence-electron chi connectivity index (χ3n) is 5.32. The average molecular weight is 456 g/mol. The van der Waals surface area contributed by atoms with Crippen molar-refractivity contribution in [1.82, 2.24) is 19.5 Å². The second-order valence-electron chi connectivity index (χ2n) is 8.40. The number of benzene rings is 1. The quantitative estimate of drug-likeness (QED) is 0.558.